The fraction of sp³-hybridized carbons (Fsp3) is 0. The van der Waals surface area contributed by atoms with Crippen LogP contribution in [0.15, 0.2) is 24.0 Å². The summed E-state index contributed by atoms with van der Waals surface area (Å²) in [5.74, 6) is 0. The molecule has 0 fully saturated rings. The molecule has 0 radical (unpaired) electrons. The largest absolute Gasteiger partial charge is 0.307 e. The zero-order valence-electron chi connectivity index (χ0n) is 4.91. The van der Waals surface area contributed by atoms with Crippen LogP contribution in [0.5, 0.6) is 0 Å². The van der Waals surface area contributed by atoms with E-state index in [0.29, 0.717) is 0 Å². The summed E-state index contributed by atoms with van der Waals surface area (Å²) in [5, 5.41) is 1.69. The average molecular weight is 148 g/mol. The summed E-state index contributed by atoms with van der Waals surface area (Å²) in [4.78, 5) is 8.00. The quantitative estimate of drug-likeness (QED) is 0.573. The molecule has 0 aromatic carbocycles. The van der Waals surface area contributed by atoms with Crippen molar-refractivity contribution >= 4 is 16.6 Å². The molecule has 0 aliphatic heterocycles. The predicted molar refractivity (Wildman–Crippen MR) is 36.4 cm³/mol. The molecule has 9 heavy (non-hydrogen) atoms. The first-order valence-electron chi connectivity index (χ1n) is 1.91. The first-order chi connectivity index (χ1) is 4.12. The Morgan fingerprint density at radius 2 is 1.22 bits per heavy atom. The van der Waals surface area contributed by atoms with E-state index >= 15 is 0 Å². The number of carbonyl (C=O) groups is 1. The predicted octanol–water partition coefficient (Wildman–Crippen LogP) is 0.503. The normalized spacial score (nSPS) is 8.44. The molecule has 0 aliphatic carbocycles. The van der Waals surface area contributed by atoms with Gasteiger partial charge in [0.2, 0.25) is 0 Å². The second-order valence-electron chi connectivity index (χ2n) is 0.922. The van der Waals surface area contributed by atoms with Gasteiger partial charge < -0.3 is 4.79 Å². The first kappa shape index (κ1) is 11.0. The van der Waals surface area contributed by atoms with Crippen LogP contribution >= 0.6 is 0 Å². The average Bonchev–Trinajstić information content (AvgIpc) is 1.93. The Labute approximate surface area is 54.6 Å². The van der Waals surface area contributed by atoms with Gasteiger partial charge in [-0.15, -0.1) is 0 Å². The third kappa shape index (κ3) is 7.10. The lowest BCUT2D eigenvalue weighted by atomic mass is 11.3. The standard InChI is InChI=1S/C4H6O2S.CH2O/c1-3-7(5,6)4-2;1-2/h3-4H,1-2H2;1H2. The molecule has 52 valence electrons. The van der Waals surface area contributed by atoms with E-state index in [-0.39, 0.29) is 0 Å². The maximum Gasteiger partial charge on any atom is 0.191 e. The van der Waals surface area contributed by atoms with E-state index in [1.165, 1.54) is 0 Å². The van der Waals surface area contributed by atoms with Gasteiger partial charge in [0, 0.05) is 10.8 Å². The summed E-state index contributed by atoms with van der Waals surface area (Å²) in [6, 6.07) is 0. The Morgan fingerprint density at radius 1 is 1.00 bits per heavy atom. The second kappa shape index (κ2) is 5.24. The lowest BCUT2D eigenvalue weighted by molar-refractivity contribution is -0.0979. The molecule has 0 aliphatic rings. The monoisotopic (exact) mass is 148 g/mol. The van der Waals surface area contributed by atoms with E-state index in [4.69, 9.17) is 4.79 Å². The van der Waals surface area contributed by atoms with Gasteiger partial charge in [-0.05, 0) is 0 Å². The minimum absolute atomic E-state index is 0.847. The summed E-state index contributed by atoms with van der Waals surface area (Å²) in [6.07, 6.45) is 0. The molecule has 0 amide bonds. The molecule has 0 heterocycles. The summed E-state index contributed by atoms with van der Waals surface area (Å²) in [6.45, 7) is 8.09. The van der Waals surface area contributed by atoms with Crippen molar-refractivity contribution in [3.8, 4) is 0 Å². The molecule has 0 unspecified atom stereocenters. The molecule has 4 heteroatoms. The maximum absolute atomic E-state index is 10.1. The topological polar surface area (TPSA) is 51.2 Å². The molecule has 0 rings (SSSR count). The van der Waals surface area contributed by atoms with Gasteiger partial charge in [0.25, 0.3) is 0 Å². The van der Waals surface area contributed by atoms with E-state index in [9.17, 15) is 8.42 Å². The van der Waals surface area contributed by atoms with Crippen molar-refractivity contribution in [2.75, 3.05) is 0 Å². The zero-order chi connectivity index (χ0) is 7.91. The number of carbonyl (C=O) groups excluding carboxylic acids is 1. The fourth-order valence-corrected chi connectivity index (χ4v) is 0.204. The van der Waals surface area contributed by atoms with Gasteiger partial charge in [0.1, 0.15) is 6.79 Å². The molecule has 0 atom stereocenters. The van der Waals surface area contributed by atoms with Crippen LogP contribution < -0.4 is 0 Å². The Bertz CT molecular complexity index is 164. The Kier molecular flexibility index (Phi) is 6.39. The van der Waals surface area contributed by atoms with Gasteiger partial charge in [-0.3, -0.25) is 0 Å². The number of hydrogen-bond acceptors (Lipinski definition) is 3. The van der Waals surface area contributed by atoms with Crippen LogP contribution in [0.1, 0.15) is 0 Å². The molecular weight excluding hydrogens is 140 g/mol. The molecule has 0 bridgehead atoms. The van der Waals surface area contributed by atoms with Crippen molar-refractivity contribution in [3.05, 3.63) is 24.0 Å². The fourth-order valence-electron chi connectivity index (χ4n) is 0.0680. The maximum atomic E-state index is 10.1. The van der Waals surface area contributed by atoms with Gasteiger partial charge in [-0.25, -0.2) is 8.42 Å². The summed E-state index contributed by atoms with van der Waals surface area (Å²) in [5.41, 5.74) is 0. The van der Waals surface area contributed by atoms with E-state index in [0.717, 1.165) is 10.8 Å². The van der Waals surface area contributed by atoms with Gasteiger partial charge in [-0.2, -0.15) is 0 Å². The zero-order valence-corrected chi connectivity index (χ0v) is 5.73. The minimum Gasteiger partial charge on any atom is -0.307 e. The van der Waals surface area contributed by atoms with Crippen molar-refractivity contribution in [2.24, 2.45) is 0 Å². The van der Waals surface area contributed by atoms with E-state index < -0.39 is 9.84 Å². The highest BCUT2D eigenvalue weighted by molar-refractivity contribution is 7.97. The molecule has 0 saturated carbocycles. The van der Waals surface area contributed by atoms with Gasteiger partial charge in [0.05, 0.1) is 0 Å². The molecule has 0 saturated heterocycles. The Morgan fingerprint density at radius 3 is 1.22 bits per heavy atom. The lowest BCUT2D eigenvalue weighted by Crippen LogP contribution is -1.83. The Hall–Kier alpha value is -0.900. The van der Waals surface area contributed by atoms with Gasteiger partial charge in [0.15, 0.2) is 9.84 Å². The summed E-state index contributed by atoms with van der Waals surface area (Å²) >= 11 is 0. The van der Waals surface area contributed by atoms with Crippen LogP contribution in [-0.2, 0) is 14.6 Å². The highest BCUT2D eigenvalue weighted by atomic mass is 32.2. The second-order valence-corrected chi connectivity index (χ2v) is 2.77. The van der Waals surface area contributed by atoms with E-state index in [2.05, 4.69) is 13.2 Å². The number of rotatable bonds is 2. The van der Waals surface area contributed by atoms with Crippen LogP contribution in [0.4, 0.5) is 0 Å². The molecule has 0 aromatic rings. The van der Waals surface area contributed by atoms with Crippen LogP contribution in [-0.4, -0.2) is 15.2 Å². The van der Waals surface area contributed by atoms with E-state index in [1.807, 2.05) is 6.79 Å². The van der Waals surface area contributed by atoms with Crippen LogP contribution in [0.3, 0.4) is 0 Å². The third-order valence-electron chi connectivity index (χ3n) is 0.465. The SMILES string of the molecule is C=CS(=O)(=O)C=C.C=O. The third-order valence-corrected chi connectivity index (χ3v) is 1.39. The van der Waals surface area contributed by atoms with Crippen molar-refractivity contribution in [3.63, 3.8) is 0 Å². The molecule has 3 nitrogen and oxygen atoms in total. The first-order valence-corrected chi connectivity index (χ1v) is 3.52. The molecule has 0 N–H and O–H groups in total. The molecule has 0 spiro atoms. The highest BCUT2D eigenvalue weighted by Crippen LogP contribution is 1.87. The summed E-state index contributed by atoms with van der Waals surface area (Å²) in [7, 11) is -3.13. The smallest absolute Gasteiger partial charge is 0.191 e. The highest BCUT2D eigenvalue weighted by Gasteiger charge is 1.90. The molecule has 0 aromatic heterocycles. The van der Waals surface area contributed by atoms with Crippen LogP contribution in [0, 0.1) is 0 Å². The van der Waals surface area contributed by atoms with Crippen molar-refractivity contribution in [1.29, 1.82) is 0 Å². The Balaban J connectivity index is 0. The summed E-state index contributed by atoms with van der Waals surface area (Å²) < 4.78 is 20.3. The van der Waals surface area contributed by atoms with Crippen molar-refractivity contribution in [1.82, 2.24) is 0 Å². The van der Waals surface area contributed by atoms with Crippen LogP contribution in [0.2, 0.25) is 0 Å². The van der Waals surface area contributed by atoms with Crippen LogP contribution in [0.25, 0.3) is 0 Å². The number of hydrogen-bond donors (Lipinski definition) is 0. The molecular formula is C5H8O3S. The lowest BCUT2D eigenvalue weighted by Gasteiger charge is -1.78. The van der Waals surface area contributed by atoms with Crippen molar-refractivity contribution in [2.45, 2.75) is 0 Å². The van der Waals surface area contributed by atoms with Gasteiger partial charge in [-0.1, -0.05) is 13.2 Å². The minimum atomic E-state index is -3.13. The van der Waals surface area contributed by atoms with Crippen molar-refractivity contribution < 1.29 is 13.2 Å². The number of sulfone groups is 1. The van der Waals surface area contributed by atoms with E-state index in [1.54, 1.807) is 0 Å². The van der Waals surface area contributed by atoms with Gasteiger partial charge >= 0.3 is 0 Å².